The highest BCUT2D eigenvalue weighted by Crippen LogP contribution is 2.24. The monoisotopic (exact) mass is 160 g/mol. The summed E-state index contributed by atoms with van der Waals surface area (Å²) >= 11 is 0. The number of ether oxygens (including phenoxy) is 1. The zero-order valence-corrected chi connectivity index (χ0v) is 6.99. The molecule has 0 aromatic heterocycles. The van der Waals surface area contributed by atoms with Gasteiger partial charge in [-0.2, -0.15) is 0 Å². The van der Waals surface area contributed by atoms with Crippen molar-refractivity contribution in [1.29, 1.82) is 0 Å². The molecule has 0 heterocycles. The van der Waals surface area contributed by atoms with E-state index in [1.807, 2.05) is 24.3 Å². The molecule has 1 heteroatoms. The van der Waals surface area contributed by atoms with Crippen molar-refractivity contribution >= 4 is 0 Å². The van der Waals surface area contributed by atoms with E-state index in [1.54, 1.807) is 0 Å². The predicted molar refractivity (Wildman–Crippen MR) is 48.1 cm³/mol. The van der Waals surface area contributed by atoms with Gasteiger partial charge >= 0.3 is 0 Å². The van der Waals surface area contributed by atoms with Gasteiger partial charge in [0.05, 0.1) is 6.10 Å². The third-order valence-electron chi connectivity index (χ3n) is 2.24. The highest BCUT2D eigenvalue weighted by Gasteiger charge is 2.18. The van der Waals surface area contributed by atoms with Crippen LogP contribution in [0, 0.1) is 6.92 Å². The minimum Gasteiger partial charge on any atom is -0.490 e. The molecule has 0 unspecified atom stereocenters. The Balaban J connectivity index is 1.98. The number of benzene rings is 1. The van der Waals surface area contributed by atoms with Crippen molar-refractivity contribution in [2.75, 3.05) is 0 Å². The van der Waals surface area contributed by atoms with Crippen LogP contribution in [-0.2, 0) is 0 Å². The van der Waals surface area contributed by atoms with Crippen LogP contribution in [0.15, 0.2) is 24.3 Å². The average Bonchev–Trinajstić information content (AvgIpc) is 2.00. The van der Waals surface area contributed by atoms with Gasteiger partial charge in [0, 0.05) is 0 Å². The Kier molecular flexibility index (Phi) is 2.03. The van der Waals surface area contributed by atoms with Gasteiger partial charge in [0.2, 0.25) is 0 Å². The molecule has 0 bridgehead atoms. The van der Waals surface area contributed by atoms with Crippen molar-refractivity contribution in [3.8, 4) is 5.75 Å². The molecule has 12 heavy (non-hydrogen) atoms. The zero-order valence-electron chi connectivity index (χ0n) is 6.99. The lowest BCUT2D eigenvalue weighted by atomic mass is 9.96. The summed E-state index contributed by atoms with van der Waals surface area (Å²) in [6.45, 7) is 5.55. The van der Waals surface area contributed by atoms with Crippen LogP contribution in [0.1, 0.15) is 24.8 Å². The van der Waals surface area contributed by atoms with Crippen LogP contribution in [0.3, 0.4) is 0 Å². The van der Waals surface area contributed by atoms with Crippen molar-refractivity contribution in [2.45, 2.75) is 25.4 Å². The Morgan fingerprint density at radius 3 is 2.33 bits per heavy atom. The predicted octanol–water partition coefficient (Wildman–Crippen LogP) is 2.68. The van der Waals surface area contributed by atoms with E-state index < -0.39 is 0 Å². The van der Waals surface area contributed by atoms with Crippen molar-refractivity contribution in [1.82, 2.24) is 0 Å². The van der Waals surface area contributed by atoms with Crippen LogP contribution in [0.25, 0.3) is 0 Å². The molecule has 2 rings (SSSR count). The van der Waals surface area contributed by atoms with E-state index in [0.29, 0.717) is 6.10 Å². The lowest BCUT2D eigenvalue weighted by Gasteiger charge is -2.26. The third-order valence-corrected chi connectivity index (χ3v) is 2.24. The van der Waals surface area contributed by atoms with Gasteiger partial charge in [-0.15, -0.1) is 0 Å². The van der Waals surface area contributed by atoms with E-state index in [9.17, 15) is 0 Å². The summed E-state index contributed by atoms with van der Waals surface area (Å²) in [5.74, 6) is 0.939. The Hall–Kier alpha value is -0.980. The highest BCUT2D eigenvalue weighted by molar-refractivity contribution is 5.28. The molecule has 0 N–H and O–H groups in total. The van der Waals surface area contributed by atoms with Crippen LogP contribution < -0.4 is 4.74 Å². The first-order valence-corrected chi connectivity index (χ1v) is 4.37. The fourth-order valence-corrected chi connectivity index (χ4v) is 1.23. The SMILES string of the molecule is [CH]c1ccc(OC2CCC2)cc1. The van der Waals surface area contributed by atoms with Crippen LogP contribution in [0.2, 0.25) is 0 Å². The lowest BCUT2D eigenvalue weighted by Crippen LogP contribution is -2.24. The molecule has 1 fully saturated rings. The Morgan fingerprint density at radius 2 is 1.83 bits per heavy atom. The normalized spacial score (nSPS) is 17.1. The first-order valence-electron chi connectivity index (χ1n) is 4.37. The second-order valence-corrected chi connectivity index (χ2v) is 3.24. The summed E-state index contributed by atoms with van der Waals surface area (Å²) in [6, 6.07) is 7.59. The van der Waals surface area contributed by atoms with Crippen molar-refractivity contribution in [2.24, 2.45) is 0 Å². The highest BCUT2D eigenvalue weighted by atomic mass is 16.5. The summed E-state index contributed by atoms with van der Waals surface area (Å²) in [5.41, 5.74) is 0.788. The molecular formula is C11H12O. The standard InChI is InChI=1S/C11H12O/c1-9-5-7-11(8-6-9)12-10-3-2-4-10/h1,5-8,10H,2-4H2. The summed E-state index contributed by atoms with van der Waals surface area (Å²) in [5, 5.41) is 0. The third kappa shape index (κ3) is 1.60. The van der Waals surface area contributed by atoms with Crippen molar-refractivity contribution in [3.63, 3.8) is 0 Å². The van der Waals surface area contributed by atoms with Gasteiger partial charge in [-0.05, 0) is 43.9 Å². The summed E-state index contributed by atoms with van der Waals surface area (Å²) < 4.78 is 5.65. The molecule has 0 saturated heterocycles. The fraction of sp³-hybridized carbons (Fsp3) is 0.364. The van der Waals surface area contributed by atoms with Crippen molar-refractivity contribution < 1.29 is 4.74 Å². The first-order chi connectivity index (χ1) is 5.84. The largest absolute Gasteiger partial charge is 0.490 e. The molecule has 0 aliphatic heterocycles. The number of hydrogen-bond donors (Lipinski definition) is 0. The van der Waals surface area contributed by atoms with Crippen LogP contribution in [-0.4, -0.2) is 6.10 Å². The van der Waals surface area contributed by atoms with E-state index in [-0.39, 0.29) is 0 Å². The molecular weight excluding hydrogens is 148 g/mol. The number of rotatable bonds is 2. The second-order valence-electron chi connectivity index (χ2n) is 3.24. The van der Waals surface area contributed by atoms with Crippen LogP contribution in [0.4, 0.5) is 0 Å². The molecule has 1 aliphatic carbocycles. The Bertz CT molecular complexity index is 246. The molecule has 1 aliphatic rings. The molecule has 1 aromatic rings. The molecule has 0 atom stereocenters. The van der Waals surface area contributed by atoms with E-state index in [2.05, 4.69) is 0 Å². The van der Waals surface area contributed by atoms with Gasteiger partial charge in [0.25, 0.3) is 0 Å². The maximum absolute atomic E-state index is 5.65. The maximum Gasteiger partial charge on any atom is 0.119 e. The van der Waals surface area contributed by atoms with Crippen LogP contribution >= 0.6 is 0 Å². The second kappa shape index (κ2) is 3.18. The van der Waals surface area contributed by atoms with E-state index in [4.69, 9.17) is 11.7 Å². The van der Waals surface area contributed by atoms with Crippen LogP contribution in [0.5, 0.6) is 5.75 Å². The zero-order chi connectivity index (χ0) is 8.39. The molecule has 1 saturated carbocycles. The van der Waals surface area contributed by atoms with Gasteiger partial charge in [0.15, 0.2) is 0 Å². The number of hydrogen-bond acceptors (Lipinski definition) is 1. The minimum absolute atomic E-state index is 0.452. The fourth-order valence-electron chi connectivity index (χ4n) is 1.23. The quantitative estimate of drug-likeness (QED) is 0.646. The molecule has 62 valence electrons. The molecule has 1 nitrogen and oxygen atoms in total. The van der Waals surface area contributed by atoms with Gasteiger partial charge in [-0.1, -0.05) is 12.1 Å². The smallest absolute Gasteiger partial charge is 0.119 e. The Labute approximate surface area is 73.4 Å². The minimum atomic E-state index is 0.452. The molecule has 0 spiro atoms. The van der Waals surface area contributed by atoms with E-state index in [1.165, 1.54) is 19.3 Å². The lowest BCUT2D eigenvalue weighted by molar-refractivity contribution is 0.120. The van der Waals surface area contributed by atoms with Gasteiger partial charge in [-0.3, -0.25) is 0 Å². The van der Waals surface area contributed by atoms with Gasteiger partial charge < -0.3 is 4.74 Å². The summed E-state index contributed by atoms with van der Waals surface area (Å²) in [6.07, 6.45) is 4.16. The van der Waals surface area contributed by atoms with Gasteiger partial charge in [-0.25, -0.2) is 0 Å². The van der Waals surface area contributed by atoms with E-state index >= 15 is 0 Å². The topological polar surface area (TPSA) is 9.23 Å². The van der Waals surface area contributed by atoms with Crippen molar-refractivity contribution in [3.05, 3.63) is 36.8 Å². The first kappa shape index (κ1) is 7.66. The molecule has 2 radical (unpaired) electrons. The summed E-state index contributed by atoms with van der Waals surface area (Å²) in [4.78, 5) is 0. The molecule has 1 aromatic carbocycles. The molecule has 0 amide bonds. The average molecular weight is 160 g/mol. The van der Waals surface area contributed by atoms with E-state index in [0.717, 1.165) is 11.3 Å². The Morgan fingerprint density at radius 1 is 1.17 bits per heavy atom. The van der Waals surface area contributed by atoms with Gasteiger partial charge in [0.1, 0.15) is 5.75 Å². The summed E-state index contributed by atoms with van der Waals surface area (Å²) in [7, 11) is 0. The maximum atomic E-state index is 5.65.